The Balaban J connectivity index is 2.48. The highest BCUT2D eigenvalue weighted by atomic mass is 16.4. The zero-order valence-electron chi connectivity index (χ0n) is 7.60. The largest absolute Gasteiger partial charge is 0.493 e. The molecule has 3 N–H and O–H groups in total. The molecule has 7 nitrogen and oxygen atoms in total. The van der Waals surface area contributed by atoms with E-state index in [1.807, 2.05) is 0 Å². The number of carboxylic acids is 1. The predicted octanol–water partition coefficient (Wildman–Crippen LogP) is -0.214. The SMILES string of the molecule is O=C(O)CCC(=O)Nc1cc(O)n[c]n1. The molecule has 0 atom stereocenters. The second-order valence-corrected chi connectivity index (χ2v) is 2.65. The number of nitrogens with one attached hydrogen (secondary N) is 1. The van der Waals surface area contributed by atoms with Gasteiger partial charge < -0.3 is 15.5 Å². The maximum absolute atomic E-state index is 11.1. The van der Waals surface area contributed by atoms with Gasteiger partial charge in [0.05, 0.1) is 6.42 Å². The van der Waals surface area contributed by atoms with Crippen molar-refractivity contribution in [2.24, 2.45) is 0 Å². The van der Waals surface area contributed by atoms with E-state index in [-0.39, 0.29) is 24.5 Å². The van der Waals surface area contributed by atoms with Gasteiger partial charge in [0, 0.05) is 12.5 Å². The Morgan fingerprint density at radius 1 is 1.40 bits per heavy atom. The van der Waals surface area contributed by atoms with Crippen LogP contribution in [-0.2, 0) is 9.59 Å². The number of aromatic nitrogens is 2. The van der Waals surface area contributed by atoms with Crippen LogP contribution in [0.1, 0.15) is 12.8 Å². The molecule has 0 saturated carbocycles. The number of carbonyl (C=O) groups excluding carboxylic acids is 1. The van der Waals surface area contributed by atoms with Crippen LogP contribution in [0.5, 0.6) is 5.88 Å². The monoisotopic (exact) mass is 210 g/mol. The highest BCUT2D eigenvalue weighted by Crippen LogP contribution is 2.08. The summed E-state index contributed by atoms with van der Waals surface area (Å²) in [5.41, 5.74) is 0. The molecule has 0 bridgehead atoms. The highest BCUT2D eigenvalue weighted by Gasteiger charge is 2.06. The number of hydrogen-bond donors (Lipinski definition) is 3. The molecular weight excluding hydrogens is 202 g/mol. The van der Waals surface area contributed by atoms with Crippen molar-refractivity contribution in [1.82, 2.24) is 9.97 Å². The van der Waals surface area contributed by atoms with Crippen LogP contribution in [0.2, 0.25) is 0 Å². The Labute approximate surface area is 84.8 Å². The number of aliphatic carboxylic acids is 1. The number of nitrogens with zero attached hydrogens (tertiary/aromatic N) is 2. The van der Waals surface area contributed by atoms with E-state index in [2.05, 4.69) is 21.6 Å². The second kappa shape index (κ2) is 4.89. The third-order valence-corrected chi connectivity index (χ3v) is 1.43. The van der Waals surface area contributed by atoms with Gasteiger partial charge in [-0.1, -0.05) is 0 Å². The summed E-state index contributed by atoms with van der Waals surface area (Å²) in [6.45, 7) is 0. The second-order valence-electron chi connectivity index (χ2n) is 2.65. The van der Waals surface area contributed by atoms with Crippen molar-refractivity contribution in [3.63, 3.8) is 0 Å². The van der Waals surface area contributed by atoms with Crippen LogP contribution in [0, 0.1) is 6.33 Å². The average molecular weight is 210 g/mol. The molecule has 0 aliphatic carbocycles. The maximum atomic E-state index is 11.1. The van der Waals surface area contributed by atoms with Crippen LogP contribution < -0.4 is 5.32 Å². The summed E-state index contributed by atoms with van der Waals surface area (Å²) in [5, 5.41) is 19.5. The Morgan fingerprint density at radius 3 is 2.73 bits per heavy atom. The lowest BCUT2D eigenvalue weighted by Crippen LogP contribution is -2.14. The summed E-state index contributed by atoms with van der Waals surface area (Å²) in [5.74, 6) is -1.79. The smallest absolute Gasteiger partial charge is 0.303 e. The molecule has 79 valence electrons. The standard InChI is InChI=1S/C8H8N3O4/c12-6(1-2-8(14)15)11-5-3-7(13)10-4-9-5/h3H,1-2H2,(H,14,15)(H2,9,10,11,12,13). The molecule has 1 heterocycles. The summed E-state index contributed by atoms with van der Waals surface area (Å²) in [6.07, 6.45) is 1.71. The lowest BCUT2D eigenvalue weighted by Gasteiger charge is -2.01. The first-order chi connectivity index (χ1) is 7.08. The Morgan fingerprint density at radius 2 is 2.13 bits per heavy atom. The lowest BCUT2D eigenvalue weighted by molar-refractivity contribution is -0.138. The number of amides is 1. The molecule has 7 heteroatoms. The third-order valence-electron chi connectivity index (χ3n) is 1.43. The highest BCUT2D eigenvalue weighted by molar-refractivity contribution is 5.91. The van der Waals surface area contributed by atoms with Gasteiger partial charge in [0.2, 0.25) is 18.1 Å². The molecule has 1 radical (unpaired) electrons. The molecule has 1 amide bonds. The van der Waals surface area contributed by atoms with Crippen LogP contribution >= 0.6 is 0 Å². The van der Waals surface area contributed by atoms with Crippen LogP contribution in [-0.4, -0.2) is 32.1 Å². The van der Waals surface area contributed by atoms with Crippen molar-refractivity contribution >= 4 is 17.7 Å². The molecule has 0 unspecified atom stereocenters. The molecule has 0 saturated heterocycles. The van der Waals surface area contributed by atoms with Gasteiger partial charge in [0.25, 0.3) is 0 Å². The minimum Gasteiger partial charge on any atom is -0.493 e. The van der Waals surface area contributed by atoms with E-state index in [4.69, 9.17) is 10.2 Å². The van der Waals surface area contributed by atoms with Gasteiger partial charge in [-0.15, -0.1) is 0 Å². The number of hydrogen-bond acceptors (Lipinski definition) is 5. The van der Waals surface area contributed by atoms with Crippen LogP contribution in [0.4, 0.5) is 5.82 Å². The molecule has 0 aliphatic heterocycles. The van der Waals surface area contributed by atoms with Crippen LogP contribution in [0.15, 0.2) is 6.07 Å². The summed E-state index contributed by atoms with van der Waals surface area (Å²) in [7, 11) is 0. The normalized spacial score (nSPS) is 9.60. The van der Waals surface area contributed by atoms with Gasteiger partial charge in [-0.05, 0) is 0 Å². The fraction of sp³-hybridized carbons (Fsp3) is 0.250. The van der Waals surface area contributed by atoms with Gasteiger partial charge in [-0.3, -0.25) is 9.59 Å². The topological polar surface area (TPSA) is 112 Å². The summed E-state index contributed by atoms with van der Waals surface area (Å²) in [6, 6.07) is 1.13. The van der Waals surface area contributed by atoms with E-state index in [1.54, 1.807) is 0 Å². The van der Waals surface area contributed by atoms with E-state index in [0.29, 0.717) is 0 Å². The van der Waals surface area contributed by atoms with E-state index in [9.17, 15) is 9.59 Å². The van der Waals surface area contributed by atoms with Crippen molar-refractivity contribution in [3.8, 4) is 5.88 Å². The van der Waals surface area contributed by atoms with Crippen molar-refractivity contribution in [2.45, 2.75) is 12.8 Å². The molecule has 1 aromatic rings. The fourth-order valence-electron chi connectivity index (χ4n) is 0.807. The van der Waals surface area contributed by atoms with E-state index in [1.165, 1.54) is 0 Å². The summed E-state index contributed by atoms with van der Waals surface area (Å²) in [4.78, 5) is 28.1. The first-order valence-electron chi connectivity index (χ1n) is 4.03. The minimum atomic E-state index is -1.05. The zero-order chi connectivity index (χ0) is 11.3. The summed E-state index contributed by atoms with van der Waals surface area (Å²) < 4.78 is 0. The average Bonchev–Trinajstić information content (AvgIpc) is 2.15. The fourth-order valence-corrected chi connectivity index (χ4v) is 0.807. The first kappa shape index (κ1) is 10.9. The van der Waals surface area contributed by atoms with Gasteiger partial charge >= 0.3 is 5.97 Å². The Bertz CT molecular complexity index is 380. The van der Waals surface area contributed by atoms with E-state index in [0.717, 1.165) is 6.07 Å². The molecule has 15 heavy (non-hydrogen) atoms. The zero-order valence-corrected chi connectivity index (χ0v) is 7.60. The van der Waals surface area contributed by atoms with Gasteiger partial charge in [-0.2, -0.15) is 4.98 Å². The van der Waals surface area contributed by atoms with Gasteiger partial charge in [0.1, 0.15) is 5.82 Å². The van der Waals surface area contributed by atoms with Crippen molar-refractivity contribution in [3.05, 3.63) is 12.4 Å². The molecule has 1 aromatic heterocycles. The number of aromatic hydroxyl groups is 1. The number of rotatable bonds is 4. The van der Waals surface area contributed by atoms with Crippen molar-refractivity contribution in [1.29, 1.82) is 0 Å². The summed E-state index contributed by atoms with van der Waals surface area (Å²) >= 11 is 0. The van der Waals surface area contributed by atoms with Crippen molar-refractivity contribution in [2.75, 3.05) is 5.32 Å². The van der Waals surface area contributed by atoms with Crippen LogP contribution in [0.25, 0.3) is 0 Å². The third kappa shape index (κ3) is 4.03. The van der Waals surface area contributed by atoms with Gasteiger partial charge in [-0.25, -0.2) is 4.98 Å². The van der Waals surface area contributed by atoms with Crippen LogP contribution in [0.3, 0.4) is 0 Å². The number of carbonyl (C=O) groups is 2. The number of carboxylic acid groups (broad SMARTS) is 1. The lowest BCUT2D eigenvalue weighted by atomic mass is 10.3. The minimum absolute atomic E-state index is 0.0814. The Hall–Kier alpha value is -2.18. The van der Waals surface area contributed by atoms with E-state index >= 15 is 0 Å². The number of anilines is 1. The molecule has 0 spiro atoms. The maximum Gasteiger partial charge on any atom is 0.303 e. The molecule has 0 aromatic carbocycles. The predicted molar refractivity (Wildman–Crippen MR) is 48.0 cm³/mol. The first-order valence-corrected chi connectivity index (χ1v) is 4.03. The van der Waals surface area contributed by atoms with E-state index < -0.39 is 11.9 Å². The van der Waals surface area contributed by atoms with Gasteiger partial charge in [0.15, 0.2) is 0 Å². The molecule has 1 rings (SSSR count). The molecule has 0 aliphatic rings. The molecule has 0 fully saturated rings. The van der Waals surface area contributed by atoms with Crippen molar-refractivity contribution < 1.29 is 19.8 Å². The molecular formula is C8H8N3O4. The Kier molecular flexibility index (Phi) is 3.55. The quantitative estimate of drug-likeness (QED) is 0.633.